The van der Waals surface area contributed by atoms with Crippen molar-refractivity contribution in [1.82, 2.24) is 0 Å². The van der Waals surface area contributed by atoms with Crippen LogP contribution in [-0.2, 0) is 11.2 Å². The zero-order valence-electron chi connectivity index (χ0n) is 11.1. The summed E-state index contributed by atoms with van der Waals surface area (Å²) in [5.74, 6) is 0.735. The van der Waals surface area contributed by atoms with Gasteiger partial charge in [0, 0.05) is 19.3 Å². The lowest BCUT2D eigenvalue weighted by Crippen LogP contribution is -2.28. The molecule has 1 unspecified atom stereocenters. The van der Waals surface area contributed by atoms with E-state index < -0.39 is 0 Å². The first-order valence-corrected chi connectivity index (χ1v) is 6.48. The molecule has 0 radical (unpaired) electrons. The Kier molecular flexibility index (Phi) is 3.72. The summed E-state index contributed by atoms with van der Waals surface area (Å²) in [6, 6.07) is 8.63. The van der Waals surface area contributed by atoms with Crippen LogP contribution in [0.15, 0.2) is 24.3 Å². The molecule has 1 heterocycles. The van der Waals surface area contributed by atoms with Gasteiger partial charge >= 0.3 is 0 Å². The number of methoxy groups -OCH3 is 1. The molecule has 2 heteroatoms. The van der Waals surface area contributed by atoms with Crippen molar-refractivity contribution in [2.75, 3.05) is 19.0 Å². The van der Waals surface area contributed by atoms with E-state index in [0.717, 1.165) is 18.9 Å². The Labute approximate surface area is 104 Å². The van der Waals surface area contributed by atoms with Gasteiger partial charge in [0.05, 0.1) is 5.60 Å². The zero-order valence-corrected chi connectivity index (χ0v) is 11.1. The molecule has 1 atom stereocenters. The van der Waals surface area contributed by atoms with E-state index in [4.69, 9.17) is 4.74 Å². The van der Waals surface area contributed by atoms with Gasteiger partial charge in [0.1, 0.15) is 0 Å². The number of hydrogen-bond donors (Lipinski definition) is 1. The van der Waals surface area contributed by atoms with Crippen LogP contribution in [0.1, 0.15) is 32.3 Å². The first kappa shape index (κ1) is 12.4. The topological polar surface area (TPSA) is 21.3 Å². The van der Waals surface area contributed by atoms with Crippen molar-refractivity contribution in [2.45, 2.75) is 38.7 Å². The van der Waals surface area contributed by atoms with Crippen molar-refractivity contribution in [2.24, 2.45) is 5.92 Å². The molecule has 2 nitrogen and oxygen atoms in total. The fourth-order valence-electron chi connectivity index (χ4n) is 2.37. The summed E-state index contributed by atoms with van der Waals surface area (Å²) in [7, 11) is 1.80. The molecule has 94 valence electrons. The van der Waals surface area contributed by atoms with Gasteiger partial charge in [0.2, 0.25) is 0 Å². The van der Waals surface area contributed by atoms with Crippen LogP contribution in [0, 0.1) is 5.92 Å². The summed E-state index contributed by atoms with van der Waals surface area (Å²) in [5.41, 5.74) is 2.78. The minimum Gasteiger partial charge on any atom is -0.385 e. The fraction of sp³-hybridized carbons (Fsp3) is 0.600. The summed E-state index contributed by atoms with van der Waals surface area (Å²) < 4.78 is 5.48. The second-order valence-corrected chi connectivity index (χ2v) is 5.61. The number of nitrogens with one attached hydrogen (secondary N) is 1. The van der Waals surface area contributed by atoms with Crippen molar-refractivity contribution < 1.29 is 4.74 Å². The molecular weight excluding hydrogens is 210 g/mol. The molecule has 0 saturated heterocycles. The number of benzene rings is 1. The van der Waals surface area contributed by atoms with Crippen LogP contribution >= 0.6 is 0 Å². The Morgan fingerprint density at radius 1 is 1.35 bits per heavy atom. The summed E-state index contributed by atoms with van der Waals surface area (Å²) in [4.78, 5) is 0. The molecule has 17 heavy (non-hydrogen) atoms. The van der Waals surface area contributed by atoms with Crippen LogP contribution in [0.25, 0.3) is 0 Å². The molecule has 0 spiro atoms. The van der Waals surface area contributed by atoms with Crippen molar-refractivity contribution in [3.63, 3.8) is 0 Å². The lowest BCUT2D eigenvalue weighted by Gasteiger charge is -2.29. The van der Waals surface area contributed by atoms with E-state index in [9.17, 15) is 0 Å². The van der Waals surface area contributed by atoms with Crippen molar-refractivity contribution in [1.29, 1.82) is 0 Å². The van der Waals surface area contributed by atoms with Gasteiger partial charge in [-0.15, -0.1) is 0 Å². The van der Waals surface area contributed by atoms with E-state index in [-0.39, 0.29) is 5.60 Å². The summed E-state index contributed by atoms with van der Waals surface area (Å²) in [6.45, 7) is 5.42. The predicted octanol–water partition coefficient (Wildman–Crippen LogP) is 3.48. The number of fused-ring (bicyclic) bond motifs is 1. The third-order valence-electron chi connectivity index (χ3n) is 3.81. The van der Waals surface area contributed by atoms with Crippen LogP contribution in [0.2, 0.25) is 0 Å². The molecule has 0 aliphatic carbocycles. The Morgan fingerprint density at radius 3 is 2.88 bits per heavy atom. The number of rotatable bonds is 4. The van der Waals surface area contributed by atoms with Gasteiger partial charge in [-0.05, 0) is 50.7 Å². The normalized spacial score (nSPS) is 19.6. The quantitative estimate of drug-likeness (QED) is 0.859. The average molecular weight is 233 g/mol. The summed E-state index contributed by atoms with van der Waals surface area (Å²) in [6.07, 6.45) is 3.54. The molecule has 0 amide bonds. The van der Waals surface area contributed by atoms with Crippen LogP contribution in [0.4, 0.5) is 5.69 Å². The molecule has 2 rings (SSSR count). The lowest BCUT2D eigenvalue weighted by atomic mass is 9.87. The predicted molar refractivity (Wildman–Crippen MR) is 72.4 cm³/mol. The number of anilines is 1. The van der Waals surface area contributed by atoms with E-state index >= 15 is 0 Å². The first-order chi connectivity index (χ1) is 8.11. The zero-order chi connectivity index (χ0) is 12.3. The van der Waals surface area contributed by atoms with Crippen LogP contribution in [0.5, 0.6) is 0 Å². The third-order valence-corrected chi connectivity index (χ3v) is 3.81. The van der Waals surface area contributed by atoms with E-state index in [1.807, 2.05) is 0 Å². The highest BCUT2D eigenvalue weighted by Crippen LogP contribution is 2.28. The lowest BCUT2D eigenvalue weighted by molar-refractivity contribution is 0.0106. The van der Waals surface area contributed by atoms with Crippen molar-refractivity contribution in [3.8, 4) is 0 Å². The minimum atomic E-state index is 0.0109. The van der Waals surface area contributed by atoms with Gasteiger partial charge in [0.15, 0.2) is 0 Å². The fourth-order valence-corrected chi connectivity index (χ4v) is 2.37. The van der Waals surface area contributed by atoms with Crippen LogP contribution < -0.4 is 5.32 Å². The molecule has 0 saturated carbocycles. The maximum absolute atomic E-state index is 5.48. The Morgan fingerprint density at radius 2 is 2.12 bits per heavy atom. The SMILES string of the molecule is COC(C)(C)CCC1CNc2ccccc2C1. The van der Waals surface area contributed by atoms with Gasteiger partial charge in [-0.2, -0.15) is 0 Å². The van der Waals surface area contributed by atoms with Gasteiger partial charge in [-0.25, -0.2) is 0 Å². The molecule has 1 aromatic rings. The number of hydrogen-bond acceptors (Lipinski definition) is 2. The summed E-state index contributed by atoms with van der Waals surface area (Å²) >= 11 is 0. The Bertz CT molecular complexity index is 373. The smallest absolute Gasteiger partial charge is 0.0622 e. The highest BCUT2D eigenvalue weighted by atomic mass is 16.5. The van der Waals surface area contributed by atoms with Crippen molar-refractivity contribution >= 4 is 5.69 Å². The van der Waals surface area contributed by atoms with Gasteiger partial charge < -0.3 is 10.1 Å². The molecule has 1 N–H and O–H groups in total. The number of ether oxygens (including phenoxy) is 1. The Hall–Kier alpha value is -1.02. The van der Waals surface area contributed by atoms with E-state index in [2.05, 4.69) is 43.4 Å². The maximum atomic E-state index is 5.48. The number of para-hydroxylation sites is 1. The van der Waals surface area contributed by atoms with Crippen molar-refractivity contribution in [3.05, 3.63) is 29.8 Å². The van der Waals surface area contributed by atoms with Gasteiger partial charge in [-0.1, -0.05) is 18.2 Å². The largest absolute Gasteiger partial charge is 0.385 e. The Balaban J connectivity index is 1.90. The monoisotopic (exact) mass is 233 g/mol. The molecule has 1 aromatic carbocycles. The minimum absolute atomic E-state index is 0.0109. The first-order valence-electron chi connectivity index (χ1n) is 6.48. The molecule has 1 aliphatic heterocycles. The highest BCUT2D eigenvalue weighted by molar-refractivity contribution is 5.53. The molecule has 0 aromatic heterocycles. The third kappa shape index (κ3) is 3.22. The molecule has 1 aliphatic rings. The standard InChI is InChI=1S/C15H23NO/c1-15(2,17-3)9-8-12-10-13-6-4-5-7-14(13)16-11-12/h4-7,12,16H,8-11H2,1-3H3. The summed E-state index contributed by atoms with van der Waals surface area (Å²) in [5, 5.41) is 3.53. The highest BCUT2D eigenvalue weighted by Gasteiger charge is 2.22. The van der Waals surface area contributed by atoms with Crippen LogP contribution in [-0.4, -0.2) is 19.3 Å². The van der Waals surface area contributed by atoms with Gasteiger partial charge in [0.25, 0.3) is 0 Å². The molecular formula is C15H23NO. The average Bonchev–Trinajstić information content (AvgIpc) is 2.36. The second-order valence-electron chi connectivity index (χ2n) is 5.61. The van der Waals surface area contributed by atoms with E-state index in [1.165, 1.54) is 24.1 Å². The molecule has 0 fully saturated rings. The maximum Gasteiger partial charge on any atom is 0.0622 e. The van der Waals surface area contributed by atoms with E-state index in [1.54, 1.807) is 7.11 Å². The van der Waals surface area contributed by atoms with Crippen LogP contribution in [0.3, 0.4) is 0 Å². The molecule has 0 bridgehead atoms. The van der Waals surface area contributed by atoms with Gasteiger partial charge in [-0.3, -0.25) is 0 Å². The van der Waals surface area contributed by atoms with E-state index in [0.29, 0.717) is 0 Å². The second kappa shape index (κ2) is 5.09.